The van der Waals surface area contributed by atoms with Crippen molar-refractivity contribution in [1.82, 2.24) is 0 Å². The zero-order valence-electron chi connectivity index (χ0n) is 10.7. The van der Waals surface area contributed by atoms with Gasteiger partial charge in [-0.25, -0.2) is 4.39 Å². The van der Waals surface area contributed by atoms with E-state index in [2.05, 4.69) is 5.32 Å². The first kappa shape index (κ1) is 13.5. The molecule has 1 aliphatic rings. The molecule has 1 heterocycles. The number of halogens is 2. The van der Waals surface area contributed by atoms with Gasteiger partial charge in [0.1, 0.15) is 5.82 Å². The van der Waals surface area contributed by atoms with Crippen LogP contribution in [-0.2, 0) is 4.79 Å². The van der Waals surface area contributed by atoms with Crippen LogP contribution < -0.4 is 5.32 Å². The van der Waals surface area contributed by atoms with E-state index in [1.807, 2.05) is 0 Å². The SMILES string of the molecule is O=C1Nc2ccccc2/C1=C/C(=O)c1ccc(F)c(Cl)c1. The van der Waals surface area contributed by atoms with Crippen LogP contribution in [0.4, 0.5) is 10.1 Å². The Morgan fingerprint density at radius 3 is 2.71 bits per heavy atom. The smallest absolute Gasteiger partial charge is 0.256 e. The van der Waals surface area contributed by atoms with Crippen LogP contribution in [-0.4, -0.2) is 11.7 Å². The number of para-hydroxylation sites is 1. The number of benzene rings is 2. The molecule has 2 aromatic carbocycles. The molecule has 0 atom stereocenters. The number of carbonyl (C=O) groups is 2. The second kappa shape index (κ2) is 5.14. The maximum atomic E-state index is 13.1. The zero-order chi connectivity index (χ0) is 15.0. The largest absolute Gasteiger partial charge is 0.321 e. The van der Waals surface area contributed by atoms with Crippen LogP contribution in [0.25, 0.3) is 5.57 Å². The number of allylic oxidation sites excluding steroid dienone is 1. The summed E-state index contributed by atoms with van der Waals surface area (Å²) in [5.74, 6) is -1.33. The van der Waals surface area contributed by atoms with Crippen molar-refractivity contribution in [3.8, 4) is 0 Å². The molecular formula is C16H9ClFNO2. The molecule has 1 N–H and O–H groups in total. The third kappa shape index (κ3) is 2.45. The molecule has 0 spiro atoms. The lowest BCUT2D eigenvalue weighted by molar-refractivity contribution is -0.110. The minimum absolute atomic E-state index is 0.129. The van der Waals surface area contributed by atoms with Gasteiger partial charge in [0.2, 0.25) is 0 Å². The van der Waals surface area contributed by atoms with Crippen molar-refractivity contribution in [1.29, 1.82) is 0 Å². The molecule has 5 heteroatoms. The summed E-state index contributed by atoms with van der Waals surface area (Å²) < 4.78 is 13.1. The Hall–Kier alpha value is -2.46. The molecule has 1 aliphatic heterocycles. The lowest BCUT2D eigenvalue weighted by Gasteiger charge is -2.00. The van der Waals surface area contributed by atoms with Crippen LogP contribution in [0.1, 0.15) is 15.9 Å². The standard InChI is InChI=1S/C16H9ClFNO2/c17-12-7-9(5-6-13(12)18)15(20)8-11-10-3-1-2-4-14(10)19-16(11)21/h1-8H,(H,19,21)/b11-8-. The molecule has 21 heavy (non-hydrogen) atoms. The van der Waals surface area contributed by atoms with E-state index in [1.165, 1.54) is 18.2 Å². The lowest BCUT2D eigenvalue weighted by Crippen LogP contribution is -2.06. The third-order valence-electron chi connectivity index (χ3n) is 3.19. The van der Waals surface area contributed by atoms with Crippen molar-refractivity contribution in [2.75, 3.05) is 5.32 Å². The van der Waals surface area contributed by atoms with E-state index in [-0.39, 0.29) is 22.1 Å². The minimum atomic E-state index is -0.593. The van der Waals surface area contributed by atoms with Crippen LogP contribution in [0.5, 0.6) is 0 Å². The Balaban J connectivity index is 2.00. The summed E-state index contributed by atoms with van der Waals surface area (Å²) >= 11 is 5.66. The van der Waals surface area contributed by atoms with E-state index in [9.17, 15) is 14.0 Å². The quantitative estimate of drug-likeness (QED) is 0.679. The second-order valence-corrected chi connectivity index (χ2v) is 4.96. The highest BCUT2D eigenvalue weighted by Gasteiger charge is 2.24. The fourth-order valence-corrected chi connectivity index (χ4v) is 2.33. The number of amides is 1. The average molecular weight is 302 g/mol. The van der Waals surface area contributed by atoms with Gasteiger partial charge < -0.3 is 5.32 Å². The van der Waals surface area contributed by atoms with Gasteiger partial charge in [-0.2, -0.15) is 0 Å². The Bertz CT molecular complexity index is 799. The first-order chi connectivity index (χ1) is 10.1. The Morgan fingerprint density at radius 2 is 1.95 bits per heavy atom. The molecule has 0 bridgehead atoms. The number of rotatable bonds is 2. The number of fused-ring (bicyclic) bond motifs is 1. The van der Waals surface area contributed by atoms with Crippen molar-refractivity contribution < 1.29 is 14.0 Å². The van der Waals surface area contributed by atoms with Crippen LogP contribution in [0, 0.1) is 5.82 Å². The van der Waals surface area contributed by atoms with E-state index in [1.54, 1.807) is 24.3 Å². The van der Waals surface area contributed by atoms with Crippen LogP contribution in [0.2, 0.25) is 5.02 Å². The topological polar surface area (TPSA) is 46.2 Å². The van der Waals surface area contributed by atoms with Gasteiger partial charge in [-0.1, -0.05) is 29.8 Å². The molecule has 0 saturated carbocycles. The van der Waals surface area contributed by atoms with Crippen LogP contribution >= 0.6 is 11.6 Å². The maximum Gasteiger partial charge on any atom is 0.256 e. The summed E-state index contributed by atoms with van der Waals surface area (Å²) in [6.07, 6.45) is 1.24. The van der Waals surface area contributed by atoms with Gasteiger partial charge >= 0.3 is 0 Å². The van der Waals surface area contributed by atoms with Gasteiger partial charge in [-0.15, -0.1) is 0 Å². The molecule has 0 saturated heterocycles. The van der Waals surface area contributed by atoms with Gasteiger partial charge in [0.25, 0.3) is 5.91 Å². The predicted molar refractivity (Wildman–Crippen MR) is 78.8 cm³/mol. The molecule has 0 aliphatic carbocycles. The molecule has 0 aromatic heterocycles. The Labute approximate surface area is 125 Å². The molecule has 0 radical (unpaired) electrons. The van der Waals surface area contributed by atoms with E-state index < -0.39 is 11.6 Å². The maximum absolute atomic E-state index is 13.1. The average Bonchev–Trinajstić information content (AvgIpc) is 2.78. The van der Waals surface area contributed by atoms with E-state index in [4.69, 9.17) is 11.6 Å². The summed E-state index contributed by atoms with van der Waals surface area (Å²) in [4.78, 5) is 24.1. The number of nitrogens with one attached hydrogen (secondary N) is 1. The lowest BCUT2D eigenvalue weighted by atomic mass is 10.0. The summed E-state index contributed by atoms with van der Waals surface area (Å²) in [6, 6.07) is 10.8. The first-order valence-electron chi connectivity index (χ1n) is 6.18. The summed E-state index contributed by atoms with van der Waals surface area (Å²) in [5.41, 5.74) is 1.85. The molecule has 0 unspecified atom stereocenters. The van der Waals surface area contributed by atoms with Crippen molar-refractivity contribution in [2.45, 2.75) is 0 Å². The fraction of sp³-hybridized carbons (Fsp3) is 0. The molecule has 2 aromatic rings. The summed E-state index contributed by atoms with van der Waals surface area (Å²) in [5, 5.41) is 2.55. The molecule has 1 amide bonds. The number of hydrogen-bond acceptors (Lipinski definition) is 2. The highest BCUT2D eigenvalue weighted by atomic mass is 35.5. The van der Waals surface area contributed by atoms with E-state index in [0.29, 0.717) is 11.3 Å². The normalized spacial score (nSPS) is 15.0. The zero-order valence-corrected chi connectivity index (χ0v) is 11.4. The van der Waals surface area contributed by atoms with Crippen molar-refractivity contribution in [3.63, 3.8) is 0 Å². The van der Waals surface area contributed by atoms with Crippen molar-refractivity contribution >= 4 is 34.6 Å². The van der Waals surface area contributed by atoms with Gasteiger partial charge in [-0.05, 0) is 30.3 Å². The molecule has 3 nitrogen and oxygen atoms in total. The van der Waals surface area contributed by atoms with Gasteiger partial charge in [0.05, 0.1) is 10.6 Å². The number of ketones is 1. The van der Waals surface area contributed by atoms with Gasteiger partial charge in [0, 0.05) is 16.8 Å². The highest BCUT2D eigenvalue weighted by molar-refractivity contribution is 6.35. The highest BCUT2D eigenvalue weighted by Crippen LogP contribution is 2.31. The third-order valence-corrected chi connectivity index (χ3v) is 3.48. The minimum Gasteiger partial charge on any atom is -0.321 e. The molecular weight excluding hydrogens is 293 g/mol. The molecule has 3 rings (SSSR count). The number of anilines is 1. The van der Waals surface area contributed by atoms with Gasteiger partial charge in [-0.3, -0.25) is 9.59 Å². The Morgan fingerprint density at radius 1 is 1.19 bits per heavy atom. The summed E-state index contributed by atoms with van der Waals surface area (Å²) in [6.45, 7) is 0. The van der Waals surface area contributed by atoms with Crippen LogP contribution in [0.3, 0.4) is 0 Å². The first-order valence-corrected chi connectivity index (χ1v) is 6.56. The predicted octanol–water partition coefficient (Wildman–Crippen LogP) is 3.70. The van der Waals surface area contributed by atoms with Crippen molar-refractivity contribution in [3.05, 3.63) is 70.5 Å². The summed E-state index contributed by atoms with van der Waals surface area (Å²) in [7, 11) is 0. The number of hydrogen-bond donors (Lipinski definition) is 1. The number of carbonyl (C=O) groups excluding carboxylic acids is 2. The van der Waals surface area contributed by atoms with Gasteiger partial charge in [0.15, 0.2) is 5.78 Å². The van der Waals surface area contributed by atoms with E-state index >= 15 is 0 Å². The Kier molecular flexibility index (Phi) is 3.31. The van der Waals surface area contributed by atoms with Crippen molar-refractivity contribution in [2.24, 2.45) is 0 Å². The second-order valence-electron chi connectivity index (χ2n) is 4.55. The van der Waals surface area contributed by atoms with Crippen LogP contribution in [0.15, 0.2) is 48.5 Å². The molecule has 104 valence electrons. The van der Waals surface area contributed by atoms with E-state index in [0.717, 1.165) is 6.07 Å². The monoisotopic (exact) mass is 301 g/mol. The fourth-order valence-electron chi connectivity index (χ4n) is 2.15. The molecule has 0 fully saturated rings.